The predicted octanol–water partition coefficient (Wildman–Crippen LogP) is 3.41. The summed E-state index contributed by atoms with van der Waals surface area (Å²) >= 11 is 0. The first-order chi connectivity index (χ1) is 13.2. The van der Waals surface area contributed by atoms with Crippen molar-refractivity contribution in [3.8, 4) is 0 Å². The number of furan rings is 1. The predicted molar refractivity (Wildman–Crippen MR) is 103 cm³/mol. The van der Waals surface area contributed by atoms with Crippen molar-refractivity contribution in [1.29, 1.82) is 0 Å². The first-order valence-electron chi connectivity index (χ1n) is 9.23. The van der Waals surface area contributed by atoms with Crippen LogP contribution in [-0.4, -0.2) is 40.9 Å². The molecule has 1 aliphatic rings. The minimum Gasteiger partial charge on any atom is -0.481 e. The summed E-state index contributed by atoms with van der Waals surface area (Å²) in [6, 6.07) is 8.25. The zero-order valence-electron chi connectivity index (χ0n) is 16.2. The Kier molecular flexibility index (Phi) is 5.27. The van der Waals surface area contributed by atoms with Gasteiger partial charge in [0.1, 0.15) is 0 Å². The standard InChI is InChI=1S/C21H24N2O5/c1-13(2)21(20(26)27)8-9-23(12-21)19(25)15-7-6-14(3)16(11-15)22-18(24)17-5-4-10-28-17/h4-7,10-11,13H,8-9,12H2,1-3H3,(H,22,24)(H,26,27). The number of anilines is 1. The molecule has 0 bridgehead atoms. The second-order valence-corrected chi connectivity index (χ2v) is 7.55. The first kappa shape index (κ1) is 19.7. The molecular weight excluding hydrogens is 360 g/mol. The fourth-order valence-electron chi connectivity index (χ4n) is 3.56. The molecule has 1 unspecified atom stereocenters. The Bertz CT molecular complexity index is 904. The maximum absolute atomic E-state index is 13.0. The quantitative estimate of drug-likeness (QED) is 0.823. The van der Waals surface area contributed by atoms with Crippen molar-refractivity contribution in [3.63, 3.8) is 0 Å². The number of nitrogens with zero attached hydrogens (tertiary/aromatic N) is 1. The molecule has 0 spiro atoms. The molecule has 7 nitrogen and oxygen atoms in total. The van der Waals surface area contributed by atoms with Gasteiger partial charge in [-0.05, 0) is 49.1 Å². The van der Waals surface area contributed by atoms with Crippen molar-refractivity contribution in [2.75, 3.05) is 18.4 Å². The number of hydrogen-bond acceptors (Lipinski definition) is 4. The van der Waals surface area contributed by atoms with Gasteiger partial charge in [-0.1, -0.05) is 19.9 Å². The normalized spacial score (nSPS) is 19.1. The third kappa shape index (κ3) is 3.52. The molecule has 1 fully saturated rings. The number of benzene rings is 1. The van der Waals surface area contributed by atoms with E-state index in [-0.39, 0.29) is 24.1 Å². The number of hydrogen-bond donors (Lipinski definition) is 2. The number of aliphatic carboxylic acids is 1. The van der Waals surface area contributed by atoms with Crippen LogP contribution >= 0.6 is 0 Å². The summed E-state index contributed by atoms with van der Waals surface area (Å²) in [5, 5.41) is 12.4. The summed E-state index contributed by atoms with van der Waals surface area (Å²) in [4.78, 5) is 38.6. The Morgan fingerprint density at radius 2 is 2.00 bits per heavy atom. The minimum atomic E-state index is -0.920. The van der Waals surface area contributed by atoms with Crippen LogP contribution in [-0.2, 0) is 4.79 Å². The van der Waals surface area contributed by atoms with Crippen molar-refractivity contribution in [1.82, 2.24) is 4.90 Å². The highest BCUT2D eigenvalue weighted by molar-refractivity contribution is 6.04. The molecule has 1 aromatic carbocycles. The topological polar surface area (TPSA) is 99.9 Å². The smallest absolute Gasteiger partial charge is 0.311 e. The average molecular weight is 384 g/mol. The van der Waals surface area contributed by atoms with Gasteiger partial charge < -0.3 is 19.7 Å². The molecule has 1 aliphatic heterocycles. The van der Waals surface area contributed by atoms with E-state index in [9.17, 15) is 19.5 Å². The lowest BCUT2D eigenvalue weighted by atomic mass is 9.76. The lowest BCUT2D eigenvalue weighted by Gasteiger charge is -2.28. The number of carboxylic acids is 1. The lowest BCUT2D eigenvalue weighted by Crippen LogP contribution is -2.40. The van der Waals surface area contributed by atoms with Crippen LogP contribution in [0.4, 0.5) is 5.69 Å². The summed E-state index contributed by atoms with van der Waals surface area (Å²) in [5.74, 6) is -1.41. The Hall–Kier alpha value is -3.09. The highest BCUT2D eigenvalue weighted by Gasteiger charge is 2.48. The van der Waals surface area contributed by atoms with Gasteiger partial charge in [-0.15, -0.1) is 0 Å². The molecule has 2 heterocycles. The number of carbonyl (C=O) groups is 3. The third-order valence-corrected chi connectivity index (χ3v) is 5.60. The molecule has 0 aliphatic carbocycles. The van der Waals surface area contributed by atoms with Crippen molar-refractivity contribution >= 4 is 23.5 Å². The number of aryl methyl sites for hydroxylation is 1. The summed E-state index contributed by atoms with van der Waals surface area (Å²) in [5.41, 5.74) is 0.807. The molecule has 148 valence electrons. The van der Waals surface area contributed by atoms with Crippen LogP contribution in [0.1, 0.15) is 46.7 Å². The van der Waals surface area contributed by atoms with Gasteiger partial charge >= 0.3 is 5.97 Å². The summed E-state index contributed by atoms with van der Waals surface area (Å²) in [6.45, 7) is 6.15. The summed E-state index contributed by atoms with van der Waals surface area (Å²) < 4.78 is 5.09. The molecule has 2 aromatic rings. The SMILES string of the molecule is Cc1ccc(C(=O)N2CCC(C(=O)O)(C(C)C)C2)cc1NC(=O)c1ccco1. The van der Waals surface area contributed by atoms with E-state index < -0.39 is 17.3 Å². The van der Waals surface area contributed by atoms with E-state index in [1.165, 1.54) is 6.26 Å². The van der Waals surface area contributed by atoms with Crippen LogP contribution in [0.2, 0.25) is 0 Å². The van der Waals surface area contributed by atoms with Crippen LogP contribution in [0, 0.1) is 18.3 Å². The molecule has 1 aromatic heterocycles. The summed E-state index contributed by atoms with van der Waals surface area (Å²) in [6.07, 6.45) is 1.85. The van der Waals surface area contributed by atoms with Gasteiger partial charge in [-0.2, -0.15) is 0 Å². The Morgan fingerprint density at radius 1 is 1.25 bits per heavy atom. The van der Waals surface area contributed by atoms with Gasteiger partial charge in [-0.25, -0.2) is 0 Å². The molecule has 3 rings (SSSR count). The van der Waals surface area contributed by atoms with Crippen LogP contribution < -0.4 is 5.32 Å². The van der Waals surface area contributed by atoms with E-state index in [4.69, 9.17) is 4.42 Å². The lowest BCUT2D eigenvalue weighted by molar-refractivity contribution is -0.150. The molecule has 0 saturated carbocycles. The molecule has 0 radical (unpaired) electrons. The molecule has 2 amide bonds. The van der Waals surface area contributed by atoms with Crippen LogP contribution in [0.15, 0.2) is 41.0 Å². The van der Waals surface area contributed by atoms with Crippen molar-refractivity contribution in [3.05, 3.63) is 53.5 Å². The molecule has 7 heteroatoms. The number of carboxylic acid groups (broad SMARTS) is 1. The largest absolute Gasteiger partial charge is 0.481 e. The second-order valence-electron chi connectivity index (χ2n) is 7.55. The van der Waals surface area contributed by atoms with E-state index in [1.807, 2.05) is 20.8 Å². The van der Waals surface area contributed by atoms with Crippen molar-refractivity contribution in [2.45, 2.75) is 27.2 Å². The monoisotopic (exact) mass is 384 g/mol. The van der Waals surface area contributed by atoms with Gasteiger partial charge in [0.25, 0.3) is 11.8 Å². The molecule has 1 atom stereocenters. The second kappa shape index (κ2) is 7.50. The van der Waals surface area contributed by atoms with Crippen LogP contribution in [0.5, 0.6) is 0 Å². The van der Waals surface area contributed by atoms with Crippen LogP contribution in [0.25, 0.3) is 0 Å². The van der Waals surface area contributed by atoms with Crippen molar-refractivity contribution < 1.29 is 23.9 Å². The maximum atomic E-state index is 13.0. The zero-order valence-corrected chi connectivity index (χ0v) is 16.2. The zero-order chi connectivity index (χ0) is 20.5. The van der Waals surface area contributed by atoms with Gasteiger partial charge in [0, 0.05) is 24.3 Å². The minimum absolute atomic E-state index is 0.0797. The average Bonchev–Trinajstić information content (AvgIpc) is 3.33. The van der Waals surface area contributed by atoms with Crippen LogP contribution in [0.3, 0.4) is 0 Å². The highest BCUT2D eigenvalue weighted by Crippen LogP contribution is 2.38. The molecule has 28 heavy (non-hydrogen) atoms. The molecule has 1 saturated heterocycles. The van der Waals surface area contributed by atoms with Gasteiger partial charge in [-0.3, -0.25) is 14.4 Å². The van der Waals surface area contributed by atoms with Gasteiger partial charge in [0.2, 0.25) is 0 Å². The van der Waals surface area contributed by atoms with E-state index in [0.29, 0.717) is 24.2 Å². The van der Waals surface area contributed by atoms with E-state index in [1.54, 1.807) is 35.2 Å². The Morgan fingerprint density at radius 3 is 2.57 bits per heavy atom. The molecular formula is C21H24N2O5. The van der Waals surface area contributed by atoms with Crippen molar-refractivity contribution in [2.24, 2.45) is 11.3 Å². The number of carbonyl (C=O) groups excluding carboxylic acids is 2. The number of rotatable bonds is 5. The number of amides is 2. The highest BCUT2D eigenvalue weighted by atomic mass is 16.4. The number of likely N-dealkylation sites (tertiary alicyclic amines) is 1. The van der Waals surface area contributed by atoms with E-state index in [2.05, 4.69) is 5.32 Å². The fraction of sp³-hybridized carbons (Fsp3) is 0.381. The van der Waals surface area contributed by atoms with E-state index in [0.717, 1.165) is 5.56 Å². The summed E-state index contributed by atoms with van der Waals surface area (Å²) in [7, 11) is 0. The maximum Gasteiger partial charge on any atom is 0.311 e. The fourth-order valence-corrected chi connectivity index (χ4v) is 3.56. The Balaban J connectivity index is 1.80. The third-order valence-electron chi connectivity index (χ3n) is 5.60. The van der Waals surface area contributed by atoms with Gasteiger partial charge in [0.05, 0.1) is 11.7 Å². The van der Waals surface area contributed by atoms with E-state index >= 15 is 0 Å². The molecule has 2 N–H and O–H groups in total. The Labute approximate surface area is 163 Å². The number of nitrogens with one attached hydrogen (secondary N) is 1. The van der Waals surface area contributed by atoms with Gasteiger partial charge in [0.15, 0.2) is 5.76 Å². The first-order valence-corrected chi connectivity index (χ1v) is 9.23.